The van der Waals surface area contributed by atoms with Gasteiger partial charge < -0.3 is 5.73 Å². The molecule has 2 rings (SSSR count). The Morgan fingerprint density at radius 1 is 1.22 bits per heavy atom. The van der Waals surface area contributed by atoms with E-state index in [-0.39, 0.29) is 0 Å². The maximum Gasteiger partial charge on any atom is 0.140 e. The SMILES string of the molecule is CCCC1CCC(c2nc(C)c(I)c(N)n2)CC1. The Balaban J connectivity index is 2.05. The summed E-state index contributed by atoms with van der Waals surface area (Å²) in [5.74, 6) is 3.07. The highest BCUT2D eigenvalue weighted by atomic mass is 127. The zero-order valence-electron chi connectivity index (χ0n) is 11.2. The topological polar surface area (TPSA) is 51.8 Å². The third-order valence-electron chi connectivity index (χ3n) is 3.97. The van der Waals surface area contributed by atoms with Crippen LogP contribution in [0, 0.1) is 16.4 Å². The number of nitrogens with two attached hydrogens (primary N) is 1. The first-order valence-electron chi connectivity index (χ1n) is 6.91. The van der Waals surface area contributed by atoms with Gasteiger partial charge in [0.1, 0.15) is 11.6 Å². The Labute approximate surface area is 123 Å². The minimum atomic E-state index is 0.524. The molecule has 2 N–H and O–H groups in total. The summed E-state index contributed by atoms with van der Waals surface area (Å²) in [4.78, 5) is 9.12. The smallest absolute Gasteiger partial charge is 0.140 e. The molecule has 18 heavy (non-hydrogen) atoms. The predicted molar refractivity (Wildman–Crippen MR) is 83.5 cm³/mol. The average Bonchev–Trinajstić information content (AvgIpc) is 2.37. The zero-order chi connectivity index (χ0) is 13.1. The first-order chi connectivity index (χ1) is 8.61. The molecular weight excluding hydrogens is 337 g/mol. The van der Waals surface area contributed by atoms with E-state index in [1.54, 1.807) is 0 Å². The molecule has 1 aliphatic carbocycles. The molecule has 1 saturated carbocycles. The Kier molecular flexibility index (Phi) is 4.81. The van der Waals surface area contributed by atoms with E-state index in [1.807, 2.05) is 6.92 Å². The van der Waals surface area contributed by atoms with Crippen molar-refractivity contribution in [2.45, 2.75) is 58.3 Å². The number of aryl methyl sites for hydroxylation is 1. The average molecular weight is 359 g/mol. The van der Waals surface area contributed by atoms with Gasteiger partial charge in [-0.3, -0.25) is 0 Å². The number of rotatable bonds is 3. The molecule has 0 amide bonds. The first kappa shape index (κ1) is 14.0. The lowest BCUT2D eigenvalue weighted by molar-refractivity contribution is 0.302. The van der Waals surface area contributed by atoms with E-state index in [0.29, 0.717) is 11.7 Å². The molecule has 0 saturated heterocycles. The van der Waals surface area contributed by atoms with Gasteiger partial charge in [0.25, 0.3) is 0 Å². The molecule has 4 heteroatoms. The minimum absolute atomic E-state index is 0.524. The van der Waals surface area contributed by atoms with Gasteiger partial charge in [0.05, 0.1) is 9.26 Å². The van der Waals surface area contributed by atoms with E-state index >= 15 is 0 Å². The maximum atomic E-state index is 5.94. The van der Waals surface area contributed by atoms with Crippen LogP contribution in [0.4, 0.5) is 5.82 Å². The lowest BCUT2D eigenvalue weighted by Gasteiger charge is -2.27. The van der Waals surface area contributed by atoms with Gasteiger partial charge in [0.15, 0.2) is 0 Å². The highest BCUT2D eigenvalue weighted by Crippen LogP contribution is 2.36. The minimum Gasteiger partial charge on any atom is -0.383 e. The Hall–Kier alpha value is -0.390. The van der Waals surface area contributed by atoms with E-state index in [0.717, 1.165) is 21.0 Å². The molecule has 0 bridgehead atoms. The molecule has 0 aromatic carbocycles. The highest BCUT2D eigenvalue weighted by molar-refractivity contribution is 14.1. The van der Waals surface area contributed by atoms with Gasteiger partial charge in [-0.2, -0.15) is 0 Å². The van der Waals surface area contributed by atoms with Crippen molar-refractivity contribution in [1.29, 1.82) is 0 Å². The largest absolute Gasteiger partial charge is 0.383 e. The van der Waals surface area contributed by atoms with Crippen LogP contribution >= 0.6 is 22.6 Å². The fourth-order valence-electron chi connectivity index (χ4n) is 2.90. The summed E-state index contributed by atoms with van der Waals surface area (Å²) in [6.07, 6.45) is 7.79. The number of nitrogens with zero attached hydrogens (tertiary/aromatic N) is 2. The maximum absolute atomic E-state index is 5.94. The van der Waals surface area contributed by atoms with Crippen molar-refractivity contribution < 1.29 is 0 Å². The van der Waals surface area contributed by atoms with Crippen LogP contribution in [0.3, 0.4) is 0 Å². The molecule has 0 unspecified atom stereocenters. The van der Waals surface area contributed by atoms with Gasteiger partial charge >= 0.3 is 0 Å². The molecule has 3 nitrogen and oxygen atoms in total. The van der Waals surface area contributed by atoms with Crippen molar-refractivity contribution in [3.8, 4) is 0 Å². The van der Waals surface area contributed by atoms with E-state index in [2.05, 4.69) is 39.5 Å². The monoisotopic (exact) mass is 359 g/mol. The molecule has 1 heterocycles. The summed E-state index contributed by atoms with van der Waals surface area (Å²) in [6, 6.07) is 0. The third kappa shape index (κ3) is 3.13. The van der Waals surface area contributed by atoms with Gasteiger partial charge in [-0.25, -0.2) is 9.97 Å². The second-order valence-electron chi connectivity index (χ2n) is 5.37. The van der Waals surface area contributed by atoms with Crippen molar-refractivity contribution >= 4 is 28.4 Å². The molecule has 1 aliphatic rings. The lowest BCUT2D eigenvalue weighted by Crippen LogP contribution is -2.16. The summed E-state index contributed by atoms with van der Waals surface area (Å²) in [5.41, 5.74) is 6.97. The highest BCUT2D eigenvalue weighted by Gasteiger charge is 2.24. The standard InChI is InChI=1S/C14H22IN3/c1-3-4-10-5-7-11(8-6-10)14-17-9(2)12(15)13(16)18-14/h10-11H,3-8H2,1-2H3,(H2,16,17,18). The molecular formula is C14H22IN3. The van der Waals surface area contributed by atoms with Crippen LogP contribution < -0.4 is 5.73 Å². The van der Waals surface area contributed by atoms with E-state index in [4.69, 9.17) is 5.73 Å². The quantitative estimate of drug-likeness (QED) is 0.829. The Morgan fingerprint density at radius 2 is 1.89 bits per heavy atom. The molecule has 0 atom stereocenters. The first-order valence-corrected chi connectivity index (χ1v) is 7.99. The normalized spacial score (nSPS) is 24.2. The molecule has 100 valence electrons. The van der Waals surface area contributed by atoms with Crippen LogP contribution in [0.5, 0.6) is 0 Å². The fourth-order valence-corrected chi connectivity index (χ4v) is 3.15. The second kappa shape index (κ2) is 6.17. The van der Waals surface area contributed by atoms with Crippen LogP contribution in [-0.4, -0.2) is 9.97 Å². The van der Waals surface area contributed by atoms with Gasteiger partial charge in [0, 0.05) is 5.92 Å². The number of hydrogen-bond donors (Lipinski definition) is 1. The Morgan fingerprint density at radius 3 is 2.44 bits per heavy atom. The summed E-state index contributed by atoms with van der Waals surface area (Å²) >= 11 is 2.22. The van der Waals surface area contributed by atoms with Gasteiger partial charge in [0.2, 0.25) is 0 Å². The van der Waals surface area contributed by atoms with Gasteiger partial charge in [-0.05, 0) is 61.1 Å². The number of anilines is 1. The molecule has 0 spiro atoms. The van der Waals surface area contributed by atoms with E-state index < -0.39 is 0 Å². The molecule has 0 radical (unpaired) electrons. The van der Waals surface area contributed by atoms with Crippen molar-refractivity contribution in [3.05, 3.63) is 15.1 Å². The number of aromatic nitrogens is 2. The fraction of sp³-hybridized carbons (Fsp3) is 0.714. The predicted octanol–water partition coefficient (Wildman–Crippen LogP) is 4.05. The van der Waals surface area contributed by atoms with Crippen LogP contribution in [0.25, 0.3) is 0 Å². The van der Waals surface area contributed by atoms with Crippen LogP contribution in [0.2, 0.25) is 0 Å². The zero-order valence-corrected chi connectivity index (χ0v) is 13.4. The number of halogens is 1. The van der Waals surface area contributed by atoms with E-state index in [1.165, 1.54) is 38.5 Å². The van der Waals surface area contributed by atoms with E-state index in [9.17, 15) is 0 Å². The lowest BCUT2D eigenvalue weighted by atomic mass is 9.80. The van der Waals surface area contributed by atoms with Crippen LogP contribution in [0.15, 0.2) is 0 Å². The summed E-state index contributed by atoms with van der Waals surface area (Å²) in [5, 5.41) is 0. The summed E-state index contributed by atoms with van der Waals surface area (Å²) < 4.78 is 0.996. The Bertz CT molecular complexity index is 388. The molecule has 1 aromatic heterocycles. The summed E-state index contributed by atoms with van der Waals surface area (Å²) in [6.45, 7) is 4.30. The summed E-state index contributed by atoms with van der Waals surface area (Å²) in [7, 11) is 0. The third-order valence-corrected chi connectivity index (χ3v) is 5.30. The molecule has 1 aromatic rings. The van der Waals surface area contributed by atoms with Crippen molar-refractivity contribution in [3.63, 3.8) is 0 Å². The van der Waals surface area contributed by atoms with Crippen molar-refractivity contribution in [2.24, 2.45) is 5.92 Å². The number of hydrogen-bond acceptors (Lipinski definition) is 3. The van der Waals surface area contributed by atoms with Crippen molar-refractivity contribution in [1.82, 2.24) is 9.97 Å². The van der Waals surface area contributed by atoms with Gasteiger partial charge in [-0.15, -0.1) is 0 Å². The van der Waals surface area contributed by atoms with Crippen LogP contribution in [-0.2, 0) is 0 Å². The number of nitrogen functional groups attached to an aromatic ring is 1. The molecule has 0 aliphatic heterocycles. The van der Waals surface area contributed by atoms with Gasteiger partial charge in [-0.1, -0.05) is 19.8 Å². The molecule has 1 fully saturated rings. The second-order valence-corrected chi connectivity index (χ2v) is 6.45. The van der Waals surface area contributed by atoms with Crippen molar-refractivity contribution in [2.75, 3.05) is 5.73 Å². The van der Waals surface area contributed by atoms with Crippen LogP contribution in [0.1, 0.15) is 62.9 Å².